The van der Waals surface area contributed by atoms with Gasteiger partial charge in [-0.15, -0.1) is 0 Å². The monoisotopic (exact) mass is 490 g/mol. The van der Waals surface area contributed by atoms with Gasteiger partial charge in [0.2, 0.25) is 0 Å². The summed E-state index contributed by atoms with van der Waals surface area (Å²) in [6.45, 7) is -0.410. The largest absolute Gasteiger partial charge is 0.490 e. The summed E-state index contributed by atoms with van der Waals surface area (Å²) in [4.78, 5) is 12.0. The Kier molecular flexibility index (Phi) is 5.66. The van der Waals surface area contributed by atoms with Crippen LogP contribution in [0.2, 0.25) is 0 Å². The molecule has 1 heterocycles. The Morgan fingerprint density at radius 2 is 1.73 bits per heavy atom. The number of sulfone groups is 1. The lowest BCUT2D eigenvalue weighted by atomic mass is 9.67. The lowest BCUT2D eigenvalue weighted by Crippen LogP contribution is -2.55. The molecule has 11 heteroatoms. The average Bonchev–Trinajstić information content (AvgIpc) is 2.79. The van der Waals surface area contributed by atoms with E-state index in [1.165, 1.54) is 0 Å². The van der Waals surface area contributed by atoms with Crippen LogP contribution in [0.5, 0.6) is 5.75 Å². The molecule has 5 nitrogen and oxygen atoms in total. The number of halogens is 5. The molecule has 2 aromatic rings. The summed E-state index contributed by atoms with van der Waals surface area (Å²) in [5, 5.41) is 0. The number of benzene rings is 2. The van der Waals surface area contributed by atoms with Gasteiger partial charge in [-0.25, -0.2) is 17.2 Å². The molecule has 1 fully saturated rings. The topological polar surface area (TPSA) is 69.7 Å². The predicted octanol–water partition coefficient (Wildman–Crippen LogP) is 4.63. The minimum absolute atomic E-state index is 0.158. The highest BCUT2D eigenvalue weighted by molar-refractivity contribution is 7.92. The number of carbonyl (C=O) groups is 1. The Labute approximate surface area is 186 Å². The first kappa shape index (κ1) is 23.5. The Bertz CT molecular complexity index is 1190. The molecule has 0 N–H and O–H groups in total. The third-order valence-electron chi connectivity index (χ3n) is 6.51. The number of rotatable bonds is 3. The number of hydrogen-bond donors (Lipinski definition) is 0. The van der Waals surface area contributed by atoms with Gasteiger partial charge in [-0.1, -0.05) is 6.42 Å². The fourth-order valence-corrected chi connectivity index (χ4v) is 7.45. The number of ether oxygens (including phenoxy) is 2. The molecule has 3 atom stereocenters. The van der Waals surface area contributed by atoms with Crippen molar-refractivity contribution in [3.8, 4) is 5.75 Å². The summed E-state index contributed by atoms with van der Waals surface area (Å²) in [5.74, 6) is -5.47. The highest BCUT2D eigenvalue weighted by Crippen LogP contribution is 2.58. The lowest BCUT2D eigenvalue weighted by molar-refractivity contribution is -0.150. The van der Waals surface area contributed by atoms with Crippen molar-refractivity contribution in [2.75, 3.05) is 13.7 Å². The van der Waals surface area contributed by atoms with E-state index >= 15 is 4.39 Å². The zero-order valence-electron chi connectivity index (χ0n) is 17.3. The number of hydrogen-bond acceptors (Lipinski definition) is 5. The normalized spacial score (nSPS) is 24.9. The predicted molar refractivity (Wildman–Crippen MR) is 105 cm³/mol. The van der Waals surface area contributed by atoms with Gasteiger partial charge in [0, 0.05) is 5.92 Å². The van der Waals surface area contributed by atoms with Crippen LogP contribution >= 0.6 is 0 Å². The third-order valence-corrected chi connectivity index (χ3v) is 9.08. The number of esters is 1. The summed E-state index contributed by atoms with van der Waals surface area (Å²) in [5.41, 5.74) is -1.61. The molecule has 4 rings (SSSR count). The van der Waals surface area contributed by atoms with E-state index in [1.54, 1.807) is 0 Å². The molecule has 2 aliphatic rings. The number of carbonyl (C=O) groups excluding carboxylic acids is 1. The molecule has 0 radical (unpaired) electrons. The molecule has 1 saturated carbocycles. The number of fused-ring (bicyclic) bond motifs is 3. The van der Waals surface area contributed by atoms with Crippen molar-refractivity contribution in [1.29, 1.82) is 0 Å². The van der Waals surface area contributed by atoms with E-state index in [4.69, 9.17) is 9.47 Å². The lowest BCUT2D eigenvalue weighted by Gasteiger charge is -2.49. The van der Waals surface area contributed by atoms with Crippen molar-refractivity contribution in [1.82, 2.24) is 0 Å². The van der Waals surface area contributed by atoms with Gasteiger partial charge in [-0.05, 0) is 49.2 Å². The van der Waals surface area contributed by atoms with Gasteiger partial charge in [0.05, 0.1) is 35.7 Å². The number of alkyl halides is 3. The summed E-state index contributed by atoms with van der Waals surface area (Å²) in [6.07, 6.45) is -4.47. The van der Waals surface area contributed by atoms with Crippen molar-refractivity contribution in [3.63, 3.8) is 0 Å². The fraction of sp³-hybridized carbons (Fsp3) is 0.409. The van der Waals surface area contributed by atoms with Crippen LogP contribution in [0.3, 0.4) is 0 Å². The molecule has 0 bridgehead atoms. The van der Waals surface area contributed by atoms with Gasteiger partial charge in [-0.2, -0.15) is 13.2 Å². The molecule has 0 spiro atoms. The summed E-state index contributed by atoms with van der Waals surface area (Å²) in [6, 6.07) is 4.37. The maximum atomic E-state index is 15.2. The van der Waals surface area contributed by atoms with Crippen LogP contribution < -0.4 is 4.74 Å². The summed E-state index contributed by atoms with van der Waals surface area (Å²) < 4.78 is 105. The molecular formula is C22H19F5O5S. The zero-order valence-corrected chi connectivity index (χ0v) is 18.1. The molecule has 1 aliphatic carbocycles. The minimum atomic E-state index is -4.69. The number of methoxy groups -OCH3 is 1. The second-order valence-electron chi connectivity index (χ2n) is 8.09. The van der Waals surface area contributed by atoms with Gasteiger partial charge in [0.25, 0.3) is 0 Å². The third kappa shape index (κ3) is 3.48. The second kappa shape index (κ2) is 7.96. The van der Waals surface area contributed by atoms with E-state index in [0.29, 0.717) is 12.1 Å². The van der Waals surface area contributed by atoms with Gasteiger partial charge < -0.3 is 9.47 Å². The smallest absolute Gasteiger partial charge is 0.416 e. The molecule has 0 unspecified atom stereocenters. The Morgan fingerprint density at radius 3 is 2.33 bits per heavy atom. The molecule has 2 aromatic carbocycles. The minimum Gasteiger partial charge on any atom is -0.490 e. The molecule has 0 amide bonds. The fourth-order valence-electron chi connectivity index (χ4n) is 5.03. The van der Waals surface area contributed by atoms with Crippen molar-refractivity contribution in [2.45, 2.75) is 35.1 Å². The van der Waals surface area contributed by atoms with E-state index in [9.17, 15) is 30.8 Å². The molecule has 0 aromatic heterocycles. The average molecular weight is 490 g/mol. The summed E-state index contributed by atoms with van der Waals surface area (Å²) in [7, 11) is -3.51. The summed E-state index contributed by atoms with van der Waals surface area (Å²) >= 11 is 0. The zero-order chi connectivity index (χ0) is 24.2. The quantitative estimate of drug-likeness (QED) is 0.464. The van der Waals surface area contributed by atoms with Crippen LogP contribution in [0.15, 0.2) is 41.3 Å². The van der Waals surface area contributed by atoms with E-state index in [2.05, 4.69) is 0 Å². The maximum Gasteiger partial charge on any atom is 0.416 e. The first-order chi connectivity index (χ1) is 15.4. The Hall–Kier alpha value is -2.69. The second-order valence-corrected chi connectivity index (χ2v) is 10.3. The van der Waals surface area contributed by atoms with Crippen molar-refractivity contribution in [3.05, 3.63) is 59.2 Å². The van der Waals surface area contributed by atoms with E-state index in [-0.39, 0.29) is 19.3 Å². The van der Waals surface area contributed by atoms with E-state index in [1.807, 2.05) is 0 Å². The SMILES string of the molecule is COC(=O)[C@@H]1CCC[C@@]2(S(=O)(=O)c3ccc(C(F)(F)F)cc3)c3c(F)ccc(F)c3OC[C@@H]12. The van der Waals surface area contributed by atoms with Crippen LogP contribution in [-0.2, 0) is 30.3 Å². The van der Waals surface area contributed by atoms with E-state index in [0.717, 1.165) is 31.4 Å². The van der Waals surface area contributed by atoms with Gasteiger partial charge in [-0.3, -0.25) is 4.79 Å². The molecule has 1 aliphatic heterocycles. The van der Waals surface area contributed by atoms with Crippen LogP contribution in [0.4, 0.5) is 22.0 Å². The van der Waals surface area contributed by atoms with Crippen LogP contribution in [0.1, 0.15) is 30.4 Å². The molecule has 0 saturated heterocycles. The molecular weight excluding hydrogens is 471 g/mol. The van der Waals surface area contributed by atoms with Crippen LogP contribution in [0, 0.1) is 23.5 Å². The highest BCUT2D eigenvalue weighted by atomic mass is 32.2. The van der Waals surface area contributed by atoms with Gasteiger partial charge in [0.1, 0.15) is 10.6 Å². The standard InChI is InChI=1S/C22H19F5O5S/c1-31-20(28)14-3-2-10-21(15(14)11-32-19-17(24)9-8-16(23)18(19)21)33(29,30)13-6-4-12(5-7-13)22(25,26)27/h4-9,14-15H,2-3,10-11H2,1H3/t14-,15+,21+/m1/s1. The Balaban J connectivity index is 1.98. The first-order valence-corrected chi connectivity index (χ1v) is 11.5. The van der Waals surface area contributed by atoms with E-state index < -0.39 is 78.6 Å². The van der Waals surface area contributed by atoms with Crippen LogP contribution in [0.25, 0.3) is 0 Å². The molecule has 178 valence electrons. The Morgan fingerprint density at radius 1 is 1.09 bits per heavy atom. The van der Waals surface area contributed by atoms with Crippen molar-refractivity contribution in [2.24, 2.45) is 11.8 Å². The van der Waals surface area contributed by atoms with Crippen molar-refractivity contribution < 1.29 is 44.6 Å². The maximum absolute atomic E-state index is 15.2. The highest BCUT2D eigenvalue weighted by Gasteiger charge is 2.62. The van der Waals surface area contributed by atoms with Crippen LogP contribution in [-0.4, -0.2) is 28.1 Å². The van der Waals surface area contributed by atoms with Gasteiger partial charge >= 0.3 is 12.1 Å². The van der Waals surface area contributed by atoms with Crippen molar-refractivity contribution >= 4 is 15.8 Å². The first-order valence-electron chi connectivity index (χ1n) is 10.1. The van der Waals surface area contributed by atoms with Gasteiger partial charge in [0.15, 0.2) is 21.4 Å². The molecule has 33 heavy (non-hydrogen) atoms.